The number of nitriles is 1. The van der Waals surface area contributed by atoms with Crippen LogP contribution in [0.5, 0.6) is 6.01 Å². The molecule has 0 amide bonds. The zero-order chi connectivity index (χ0) is 26.1. The van der Waals surface area contributed by atoms with E-state index < -0.39 is 0 Å². The third kappa shape index (κ3) is 4.86. The molecule has 0 radical (unpaired) electrons. The highest BCUT2D eigenvalue weighted by Crippen LogP contribution is 2.35. The van der Waals surface area contributed by atoms with Crippen molar-refractivity contribution in [3.63, 3.8) is 0 Å². The molecule has 1 N–H and O–H groups in total. The van der Waals surface area contributed by atoms with Crippen LogP contribution in [-0.4, -0.2) is 73.3 Å². The lowest BCUT2D eigenvalue weighted by atomic mass is 10.0. The topological polar surface area (TPSA) is 80.5 Å². The van der Waals surface area contributed by atoms with Gasteiger partial charge in [-0.2, -0.15) is 15.2 Å². The van der Waals surface area contributed by atoms with Gasteiger partial charge < -0.3 is 24.8 Å². The molecule has 1 aromatic heterocycles. The fourth-order valence-electron chi connectivity index (χ4n) is 6.09. The van der Waals surface area contributed by atoms with Crippen LogP contribution in [0, 0.1) is 17.1 Å². The highest BCUT2D eigenvalue weighted by atomic mass is 19.1. The van der Waals surface area contributed by atoms with Crippen LogP contribution >= 0.6 is 0 Å². The molecule has 38 heavy (non-hydrogen) atoms. The molecular weight excluding hydrogens is 481 g/mol. The summed E-state index contributed by atoms with van der Waals surface area (Å²) in [7, 11) is 2.14. The van der Waals surface area contributed by atoms with Gasteiger partial charge in [-0.05, 0) is 50.4 Å². The molecule has 0 aliphatic carbocycles. The number of likely N-dealkylation sites (N-methyl/N-ethyl adjacent to an activating group) is 1. The van der Waals surface area contributed by atoms with Gasteiger partial charge in [0.05, 0.1) is 24.7 Å². The summed E-state index contributed by atoms with van der Waals surface area (Å²) in [6.45, 7) is 5.29. The van der Waals surface area contributed by atoms with Crippen molar-refractivity contribution in [1.29, 1.82) is 5.26 Å². The standard InChI is InChI=1S/C29H34FN7O/c1-35-14-4-7-22(35)19-38-29-33-25-18-36(26-9-3-6-20-5-2-8-24(30)27(20)26)15-11-23(25)28(34-29)37-16-13-32-21(17-37)10-12-31/h2-3,5-6,8-9,21-22,32H,4,7,10-11,13-19H2,1H3/t21-,22-/m0/s1. The van der Waals surface area contributed by atoms with E-state index in [1.54, 1.807) is 6.07 Å². The fraction of sp³-hybridized carbons (Fsp3) is 0.483. The van der Waals surface area contributed by atoms with Gasteiger partial charge in [0.15, 0.2) is 0 Å². The Morgan fingerprint density at radius 2 is 2.00 bits per heavy atom. The van der Waals surface area contributed by atoms with Crippen LogP contribution in [0.2, 0.25) is 0 Å². The Labute approximate surface area is 223 Å². The van der Waals surface area contributed by atoms with E-state index in [1.165, 1.54) is 12.5 Å². The Balaban J connectivity index is 1.34. The Morgan fingerprint density at radius 3 is 2.82 bits per heavy atom. The molecule has 4 heterocycles. The molecule has 3 aliphatic heterocycles. The molecule has 3 aromatic rings. The van der Waals surface area contributed by atoms with Gasteiger partial charge in [0.1, 0.15) is 18.2 Å². The minimum absolute atomic E-state index is 0.106. The van der Waals surface area contributed by atoms with E-state index in [1.807, 2.05) is 24.3 Å². The van der Waals surface area contributed by atoms with Crippen molar-refractivity contribution in [2.24, 2.45) is 0 Å². The van der Waals surface area contributed by atoms with Gasteiger partial charge in [-0.25, -0.2) is 4.39 Å². The molecule has 8 nitrogen and oxygen atoms in total. The number of anilines is 2. The van der Waals surface area contributed by atoms with Crippen molar-refractivity contribution < 1.29 is 9.13 Å². The van der Waals surface area contributed by atoms with E-state index in [0.717, 1.165) is 73.7 Å². The van der Waals surface area contributed by atoms with Crippen molar-refractivity contribution in [2.75, 3.05) is 56.2 Å². The second-order valence-corrected chi connectivity index (χ2v) is 10.6. The summed E-state index contributed by atoms with van der Waals surface area (Å²) in [5.74, 6) is 0.708. The molecule has 0 saturated carbocycles. The molecular formula is C29H34FN7O. The van der Waals surface area contributed by atoms with Gasteiger partial charge >= 0.3 is 6.01 Å². The normalized spacial score (nSPS) is 21.9. The number of halogens is 1. The number of ether oxygens (including phenoxy) is 1. The van der Waals surface area contributed by atoms with E-state index >= 15 is 0 Å². The predicted octanol–water partition coefficient (Wildman–Crippen LogP) is 3.50. The summed E-state index contributed by atoms with van der Waals surface area (Å²) in [4.78, 5) is 16.7. The Kier molecular flexibility index (Phi) is 7.00. The summed E-state index contributed by atoms with van der Waals surface area (Å²) in [5, 5.41) is 14.2. The molecule has 9 heteroatoms. The molecule has 0 spiro atoms. The minimum Gasteiger partial charge on any atom is -0.462 e. The van der Waals surface area contributed by atoms with Crippen LogP contribution in [0.3, 0.4) is 0 Å². The van der Waals surface area contributed by atoms with E-state index in [9.17, 15) is 9.65 Å². The summed E-state index contributed by atoms with van der Waals surface area (Å²) in [5.41, 5.74) is 2.95. The highest BCUT2D eigenvalue weighted by molar-refractivity contribution is 5.95. The largest absolute Gasteiger partial charge is 0.462 e. The second-order valence-electron chi connectivity index (χ2n) is 10.6. The lowest BCUT2D eigenvalue weighted by Gasteiger charge is -2.37. The van der Waals surface area contributed by atoms with E-state index in [0.29, 0.717) is 37.0 Å². The fourth-order valence-corrected chi connectivity index (χ4v) is 6.09. The van der Waals surface area contributed by atoms with Gasteiger partial charge in [0, 0.05) is 54.9 Å². The molecule has 0 bridgehead atoms. The number of fused-ring (bicyclic) bond motifs is 2. The molecule has 2 aromatic carbocycles. The number of nitrogens with zero attached hydrogens (tertiary/aromatic N) is 6. The van der Waals surface area contributed by atoms with Crippen molar-refractivity contribution in [3.8, 4) is 12.1 Å². The number of hydrogen-bond donors (Lipinski definition) is 1. The van der Waals surface area contributed by atoms with Crippen LogP contribution in [-0.2, 0) is 13.0 Å². The lowest BCUT2D eigenvalue weighted by molar-refractivity contribution is 0.187. The lowest BCUT2D eigenvalue weighted by Crippen LogP contribution is -2.51. The zero-order valence-corrected chi connectivity index (χ0v) is 21.9. The maximum absolute atomic E-state index is 14.9. The van der Waals surface area contributed by atoms with Gasteiger partial charge in [0.25, 0.3) is 0 Å². The first-order valence-corrected chi connectivity index (χ1v) is 13.6. The zero-order valence-electron chi connectivity index (χ0n) is 21.9. The van der Waals surface area contributed by atoms with Crippen molar-refractivity contribution >= 4 is 22.3 Å². The summed E-state index contributed by atoms with van der Waals surface area (Å²) in [6.07, 6.45) is 3.51. The number of aromatic nitrogens is 2. The molecule has 2 atom stereocenters. The van der Waals surface area contributed by atoms with Gasteiger partial charge in [-0.1, -0.05) is 24.3 Å². The van der Waals surface area contributed by atoms with Crippen LogP contribution in [0.25, 0.3) is 10.8 Å². The summed E-state index contributed by atoms with van der Waals surface area (Å²) >= 11 is 0. The molecule has 2 fully saturated rings. The van der Waals surface area contributed by atoms with Gasteiger partial charge in [-0.3, -0.25) is 0 Å². The maximum Gasteiger partial charge on any atom is 0.318 e. The first-order valence-electron chi connectivity index (χ1n) is 13.6. The summed E-state index contributed by atoms with van der Waals surface area (Å²) < 4.78 is 21.2. The van der Waals surface area contributed by atoms with Crippen LogP contribution in [0.4, 0.5) is 15.9 Å². The first kappa shape index (κ1) is 24.8. The third-order valence-corrected chi connectivity index (χ3v) is 8.16. The number of benzene rings is 2. The van der Waals surface area contributed by atoms with Gasteiger partial charge in [0.2, 0.25) is 0 Å². The van der Waals surface area contributed by atoms with E-state index in [4.69, 9.17) is 14.7 Å². The van der Waals surface area contributed by atoms with Crippen molar-refractivity contribution in [1.82, 2.24) is 20.2 Å². The third-order valence-electron chi connectivity index (χ3n) is 8.16. The molecule has 2 saturated heterocycles. The van der Waals surface area contributed by atoms with Crippen molar-refractivity contribution in [3.05, 3.63) is 53.5 Å². The number of nitrogens with one attached hydrogen (secondary N) is 1. The summed E-state index contributed by atoms with van der Waals surface area (Å²) in [6, 6.07) is 14.3. The average Bonchev–Trinajstić information content (AvgIpc) is 3.35. The van der Waals surface area contributed by atoms with Crippen LogP contribution < -0.4 is 19.9 Å². The molecule has 6 rings (SSSR count). The van der Waals surface area contributed by atoms with E-state index in [-0.39, 0.29) is 11.9 Å². The predicted molar refractivity (Wildman–Crippen MR) is 146 cm³/mol. The smallest absolute Gasteiger partial charge is 0.318 e. The Morgan fingerprint density at radius 1 is 1.13 bits per heavy atom. The van der Waals surface area contributed by atoms with Gasteiger partial charge in [-0.15, -0.1) is 0 Å². The quantitative estimate of drug-likeness (QED) is 0.535. The monoisotopic (exact) mass is 515 g/mol. The molecule has 0 unspecified atom stereocenters. The van der Waals surface area contributed by atoms with Crippen molar-refractivity contribution in [2.45, 2.75) is 44.3 Å². The average molecular weight is 516 g/mol. The highest BCUT2D eigenvalue weighted by Gasteiger charge is 2.30. The number of likely N-dealkylation sites (tertiary alicyclic amines) is 1. The van der Waals surface area contributed by atoms with Crippen LogP contribution in [0.15, 0.2) is 36.4 Å². The molecule has 198 valence electrons. The van der Waals surface area contributed by atoms with E-state index in [2.05, 4.69) is 33.1 Å². The van der Waals surface area contributed by atoms with Crippen LogP contribution in [0.1, 0.15) is 30.5 Å². The SMILES string of the molecule is CN1CCC[C@H]1COc1nc2c(c(N3CCN[C@@H](CC#N)C3)n1)CCN(c1cccc3cccc(F)c13)C2. The maximum atomic E-state index is 14.9. The Hall–Kier alpha value is -3.48. The number of piperazine rings is 1. The number of hydrogen-bond acceptors (Lipinski definition) is 8. The number of rotatable bonds is 6. The molecule has 3 aliphatic rings. The second kappa shape index (κ2) is 10.7. The Bertz CT molecular complexity index is 1350. The first-order chi connectivity index (χ1) is 18.6. The minimum atomic E-state index is -0.207.